The third kappa shape index (κ3) is 5.71. The van der Waals surface area contributed by atoms with Crippen LogP contribution in [-0.4, -0.2) is 49.0 Å². The molecule has 1 N–H and O–H groups in total. The minimum absolute atomic E-state index is 0.00653. The number of pyridine rings is 1. The second-order valence-electron chi connectivity index (χ2n) is 7.32. The van der Waals surface area contributed by atoms with Crippen molar-refractivity contribution >= 4 is 27.7 Å². The molecule has 30 heavy (non-hydrogen) atoms. The van der Waals surface area contributed by atoms with E-state index < -0.39 is 22.2 Å². The second kappa shape index (κ2) is 10.2. The molecule has 0 unspecified atom stereocenters. The van der Waals surface area contributed by atoms with E-state index in [4.69, 9.17) is 16.3 Å². The van der Waals surface area contributed by atoms with Gasteiger partial charge < -0.3 is 10.1 Å². The van der Waals surface area contributed by atoms with Crippen LogP contribution < -0.4 is 5.32 Å². The van der Waals surface area contributed by atoms with Gasteiger partial charge in [-0.3, -0.25) is 4.98 Å². The van der Waals surface area contributed by atoms with Crippen molar-refractivity contribution in [2.45, 2.75) is 49.6 Å². The maximum absolute atomic E-state index is 13.2. The van der Waals surface area contributed by atoms with Crippen LogP contribution in [0.4, 0.5) is 4.79 Å². The number of amides is 1. The number of benzene rings is 1. The van der Waals surface area contributed by atoms with E-state index in [1.807, 2.05) is 25.1 Å². The molecule has 0 aliphatic carbocycles. The molecular formula is C21H26ClN3O4S. The van der Waals surface area contributed by atoms with Crippen LogP contribution in [0.25, 0.3) is 0 Å². The van der Waals surface area contributed by atoms with Crippen LogP contribution >= 0.6 is 11.6 Å². The molecule has 9 heteroatoms. The molecule has 2 aromatic rings. The Morgan fingerprint density at radius 1 is 1.23 bits per heavy atom. The lowest BCUT2D eigenvalue weighted by molar-refractivity contribution is 0.0894. The Labute approximate surface area is 182 Å². The number of carbonyl (C=O) groups is 1. The molecule has 1 aliphatic rings. The lowest BCUT2D eigenvalue weighted by atomic mass is 10.0. The van der Waals surface area contributed by atoms with Crippen molar-refractivity contribution in [3.63, 3.8) is 0 Å². The predicted octanol–water partition coefficient (Wildman–Crippen LogP) is 3.64. The molecule has 1 aromatic heterocycles. The summed E-state index contributed by atoms with van der Waals surface area (Å²) in [5, 5.41) is 3.16. The summed E-state index contributed by atoms with van der Waals surface area (Å²) in [7, 11) is -3.72. The van der Waals surface area contributed by atoms with E-state index in [-0.39, 0.29) is 17.5 Å². The van der Waals surface area contributed by atoms with Crippen LogP contribution in [-0.2, 0) is 21.2 Å². The average molecular weight is 452 g/mol. The number of carbonyl (C=O) groups excluding carboxylic acids is 1. The Bertz CT molecular complexity index is 938. The van der Waals surface area contributed by atoms with Crippen molar-refractivity contribution in [1.82, 2.24) is 14.6 Å². The van der Waals surface area contributed by atoms with Crippen LogP contribution in [0, 0.1) is 0 Å². The van der Waals surface area contributed by atoms with E-state index in [0.717, 1.165) is 18.5 Å². The summed E-state index contributed by atoms with van der Waals surface area (Å²) in [6, 6.07) is 11.1. The Morgan fingerprint density at radius 2 is 2.00 bits per heavy atom. The van der Waals surface area contributed by atoms with E-state index in [2.05, 4.69) is 10.3 Å². The first-order valence-electron chi connectivity index (χ1n) is 9.97. The molecular weight excluding hydrogens is 426 g/mol. The van der Waals surface area contributed by atoms with Crippen molar-refractivity contribution in [1.29, 1.82) is 0 Å². The van der Waals surface area contributed by atoms with Gasteiger partial charge in [-0.15, -0.1) is 0 Å². The molecule has 0 bridgehead atoms. The lowest BCUT2D eigenvalue weighted by Crippen LogP contribution is -2.51. The molecule has 1 aliphatic heterocycles. The number of sulfonamides is 1. The molecule has 0 saturated carbocycles. The summed E-state index contributed by atoms with van der Waals surface area (Å²) in [6.07, 6.45) is 4.01. The number of ether oxygens (including phenoxy) is 1. The van der Waals surface area contributed by atoms with Gasteiger partial charge in [0.15, 0.2) is 0 Å². The highest BCUT2D eigenvalue weighted by Gasteiger charge is 2.38. The van der Waals surface area contributed by atoms with Gasteiger partial charge in [0.2, 0.25) is 10.0 Å². The number of hydrogen-bond acceptors (Lipinski definition) is 5. The van der Waals surface area contributed by atoms with Crippen molar-refractivity contribution in [2.24, 2.45) is 0 Å². The summed E-state index contributed by atoms with van der Waals surface area (Å²) in [6.45, 7) is 2.28. The van der Waals surface area contributed by atoms with Gasteiger partial charge in [0.1, 0.15) is 6.61 Å². The molecule has 1 fully saturated rings. The van der Waals surface area contributed by atoms with Gasteiger partial charge in [-0.25, -0.2) is 13.2 Å². The number of aromatic nitrogens is 1. The van der Waals surface area contributed by atoms with Gasteiger partial charge in [-0.1, -0.05) is 24.1 Å². The van der Waals surface area contributed by atoms with Gasteiger partial charge in [0.25, 0.3) is 0 Å². The zero-order valence-corrected chi connectivity index (χ0v) is 18.4. The highest BCUT2D eigenvalue weighted by Crippen LogP contribution is 2.30. The van der Waals surface area contributed by atoms with Crippen molar-refractivity contribution in [3.8, 4) is 0 Å². The van der Waals surface area contributed by atoms with E-state index in [9.17, 15) is 13.2 Å². The van der Waals surface area contributed by atoms with Gasteiger partial charge in [0.05, 0.1) is 10.9 Å². The van der Waals surface area contributed by atoms with Crippen LogP contribution in [0.2, 0.25) is 5.02 Å². The van der Waals surface area contributed by atoms with E-state index in [1.54, 1.807) is 18.3 Å². The van der Waals surface area contributed by atoms with Crippen LogP contribution in [0.3, 0.4) is 0 Å². The van der Waals surface area contributed by atoms with E-state index in [1.165, 1.54) is 16.4 Å². The Kier molecular flexibility index (Phi) is 7.69. The molecule has 7 nitrogen and oxygen atoms in total. The number of nitrogens with one attached hydrogen (secondary N) is 1. The van der Waals surface area contributed by atoms with Gasteiger partial charge in [-0.2, -0.15) is 4.31 Å². The molecule has 2 atom stereocenters. The largest absolute Gasteiger partial charge is 0.448 e. The van der Waals surface area contributed by atoms with Crippen molar-refractivity contribution < 1.29 is 17.9 Å². The van der Waals surface area contributed by atoms with Gasteiger partial charge >= 0.3 is 6.09 Å². The summed E-state index contributed by atoms with van der Waals surface area (Å²) in [5.74, 6) is 0. The molecule has 1 amide bonds. The quantitative estimate of drug-likeness (QED) is 0.694. The zero-order valence-electron chi connectivity index (χ0n) is 16.8. The molecule has 1 saturated heterocycles. The monoisotopic (exact) mass is 451 g/mol. The standard InChI is InChI=1S/C21H26ClN3O4S/c1-16-5-4-7-19(25(16)30(27,28)20-10-8-17(22)9-11-20)15-29-21(26)24-14-12-18-6-2-3-13-23-18/h2-3,6,8-11,13,16,19H,4-5,7,12,14-15H2,1H3,(H,24,26)/t16-,19-/m1/s1. The van der Waals surface area contributed by atoms with Crippen LogP contribution in [0.15, 0.2) is 53.6 Å². The fourth-order valence-electron chi connectivity index (χ4n) is 3.64. The van der Waals surface area contributed by atoms with Crippen molar-refractivity contribution in [3.05, 3.63) is 59.4 Å². The normalized spacial score (nSPS) is 19.9. The highest BCUT2D eigenvalue weighted by atomic mass is 35.5. The molecule has 0 radical (unpaired) electrons. The number of hydrogen-bond donors (Lipinski definition) is 1. The smallest absolute Gasteiger partial charge is 0.407 e. The van der Waals surface area contributed by atoms with Gasteiger partial charge in [-0.05, 0) is 56.2 Å². The second-order valence-corrected chi connectivity index (χ2v) is 9.60. The van der Waals surface area contributed by atoms with Gasteiger partial charge in [0, 0.05) is 35.9 Å². The molecule has 0 spiro atoms. The first-order valence-corrected chi connectivity index (χ1v) is 11.8. The topological polar surface area (TPSA) is 88.6 Å². The lowest BCUT2D eigenvalue weighted by Gasteiger charge is -2.39. The SMILES string of the molecule is C[C@@H]1CCC[C@H](COC(=O)NCCc2ccccn2)N1S(=O)(=O)c1ccc(Cl)cc1. The first kappa shape index (κ1) is 22.5. The maximum Gasteiger partial charge on any atom is 0.407 e. The van der Waals surface area contributed by atoms with Crippen LogP contribution in [0.5, 0.6) is 0 Å². The molecule has 1 aromatic carbocycles. The van der Waals surface area contributed by atoms with Crippen molar-refractivity contribution in [2.75, 3.05) is 13.2 Å². The summed E-state index contributed by atoms with van der Waals surface area (Å²) < 4.78 is 33.2. The highest BCUT2D eigenvalue weighted by molar-refractivity contribution is 7.89. The fourth-order valence-corrected chi connectivity index (χ4v) is 5.63. The Hall–Kier alpha value is -2.16. The molecule has 3 rings (SSSR count). The van der Waals surface area contributed by atoms with Crippen LogP contribution in [0.1, 0.15) is 31.9 Å². The number of rotatable bonds is 7. The Morgan fingerprint density at radius 3 is 2.70 bits per heavy atom. The zero-order chi connectivity index (χ0) is 21.6. The fraction of sp³-hybridized carbons (Fsp3) is 0.429. The maximum atomic E-state index is 13.2. The summed E-state index contributed by atoms with van der Waals surface area (Å²) in [5.41, 5.74) is 0.874. The summed E-state index contributed by atoms with van der Waals surface area (Å²) >= 11 is 5.89. The molecule has 2 heterocycles. The average Bonchev–Trinajstić information content (AvgIpc) is 2.73. The Balaban J connectivity index is 1.59. The predicted molar refractivity (Wildman–Crippen MR) is 115 cm³/mol. The first-order chi connectivity index (χ1) is 14.4. The third-order valence-corrected chi connectivity index (χ3v) is 7.46. The number of halogens is 1. The third-order valence-electron chi connectivity index (χ3n) is 5.13. The summed E-state index contributed by atoms with van der Waals surface area (Å²) in [4.78, 5) is 16.5. The number of nitrogens with zero attached hydrogens (tertiary/aromatic N) is 2. The minimum atomic E-state index is -3.72. The van der Waals surface area contributed by atoms with E-state index in [0.29, 0.717) is 24.4 Å². The van der Waals surface area contributed by atoms with E-state index >= 15 is 0 Å². The molecule has 162 valence electrons. The number of alkyl carbamates (subject to hydrolysis) is 1. The number of piperidine rings is 1. The minimum Gasteiger partial charge on any atom is -0.448 e.